The predicted molar refractivity (Wildman–Crippen MR) is 121 cm³/mol. The van der Waals surface area contributed by atoms with Crippen LogP contribution in [0.5, 0.6) is 0 Å². The Bertz CT molecular complexity index is 1070. The molecule has 2 aliphatic rings. The van der Waals surface area contributed by atoms with Crippen molar-refractivity contribution < 1.29 is 14.3 Å². The second-order valence-corrected chi connectivity index (χ2v) is 7.65. The smallest absolute Gasteiger partial charge is 0.287 e. The van der Waals surface area contributed by atoms with E-state index in [2.05, 4.69) is 15.3 Å². The van der Waals surface area contributed by atoms with Crippen LogP contribution < -0.4 is 5.32 Å². The van der Waals surface area contributed by atoms with Crippen LogP contribution in [0.15, 0.2) is 87.6 Å². The summed E-state index contributed by atoms with van der Waals surface area (Å²) in [5.74, 6) is 0.0341. The minimum atomic E-state index is -0.399. The lowest BCUT2D eigenvalue weighted by Crippen LogP contribution is -2.27. The second-order valence-electron chi connectivity index (χ2n) is 7.65. The van der Waals surface area contributed by atoms with Gasteiger partial charge in [0.1, 0.15) is 5.76 Å². The Labute approximate surface area is 182 Å². The summed E-state index contributed by atoms with van der Waals surface area (Å²) in [7, 11) is 1.74. The van der Waals surface area contributed by atoms with Gasteiger partial charge in [-0.25, -0.2) is 0 Å². The van der Waals surface area contributed by atoms with Crippen molar-refractivity contribution in [1.29, 1.82) is 0 Å². The zero-order valence-electron chi connectivity index (χ0n) is 18.4. The number of hydrogen-bond donors (Lipinski definition) is 1. The molecule has 160 valence electrons. The van der Waals surface area contributed by atoms with Crippen LogP contribution in [0.25, 0.3) is 0 Å². The number of ketones is 1. The zero-order chi connectivity index (χ0) is 22.4. The van der Waals surface area contributed by atoms with Gasteiger partial charge >= 0.3 is 0 Å². The van der Waals surface area contributed by atoms with Crippen molar-refractivity contribution >= 4 is 17.4 Å². The third-order valence-electron chi connectivity index (χ3n) is 5.18. The molecule has 2 heterocycles. The summed E-state index contributed by atoms with van der Waals surface area (Å²) < 4.78 is 5.78. The highest BCUT2D eigenvalue weighted by molar-refractivity contribution is 6.10. The first-order valence-electron chi connectivity index (χ1n) is 10.2. The molecule has 2 bridgehead atoms. The van der Waals surface area contributed by atoms with Gasteiger partial charge in [0.25, 0.3) is 5.91 Å². The normalized spacial score (nSPS) is 17.2. The molecule has 0 spiro atoms. The van der Waals surface area contributed by atoms with Crippen LogP contribution in [0.1, 0.15) is 39.2 Å². The van der Waals surface area contributed by atoms with Crippen molar-refractivity contribution in [3.8, 4) is 0 Å². The Balaban J connectivity index is 1.62. The molecule has 0 atom stereocenters. The molecule has 1 aromatic rings. The number of allylic oxidation sites excluding steroid dienone is 7. The molecule has 1 N–H and O–H groups in total. The van der Waals surface area contributed by atoms with E-state index in [1.54, 1.807) is 19.4 Å². The van der Waals surface area contributed by atoms with Gasteiger partial charge in [-0.2, -0.15) is 0 Å². The summed E-state index contributed by atoms with van der Waals surface area (Å²) >= 11 is 0. The summed E-state index contributed by atoms with van der Waals surface area (Å²) in [4.78, 5) is 33.6. The topological polar surface area (TPSA) is 80.7 Å². The summed E-state index contributed by atoms with van der Waals surface area (Å²) in [6.07, 6.45) is 11.5. The largest absolute Gasteiger partial charge is 0.455 e. The minimum absolute atomic E-state index is 0.0276. The molecule has 0 fully saturated rings. The molecule has 0 saturated carbocycles. The number of aromatic nitrogens is 1. The van der Waals surface area contributed by atoms with Gasteiger partial charge < -0.3 is 10.1 Å². The van der Waals surface area contributed by atoms with E-state index in [0.29, 0.717) is 30.7 Å². The number of ether oxygens (including phenoxy) is 1. The van der Waals surface area contributed by atoms with Crippen LogP contribution in [-0.4, -0.2) is 36.0 Å². The molecule has 31 heavy (non-hydrogen) atoms. The number of nitrogens with zero attached hydrogens (tertiary/aromatic N) is 2. The second kappa shape index (κ2) is 9.98. The van der Waals surface area contributed by atoms with Gasteiger partial charge in [-0.05, 0) is 62.6 Å². The lowest BCUT2D eigenvalue weighted by molar-refractivity contribution is -0.120. The summed E-state index contributed by atoms with van der Waals surface area (Å²) in [6.45, 7) is 6.32. The van der Waals surface area contributed by atoms with Crippen molar-refractivity contribution in [3.63, 3.8) is 0 Å². The van der Waals surface area contributed by atoms with E-state index in [1.807, 2.05) is 51.1 Å². The van der Waals surface area contributed by atoms with E-state index in [-0.39, 0.29) is 11.5 Å². The van der Waals surface area contributed by atoms with Crippen molar-refractivity contribution in [3.05, 3.63) is 88.2 Å². The van der Waals surface area contributed by atoms with Gasteiger partial charge in [0.05, 0.1) is 5.71 Å². The monoisotopic (exact) mass is 417 g/mol. The van der Waals surface area contributed by atoms with Crippen molar-refractivity contribution in [2.45, 2.75) is 33.6 Å². The lowest BCUT2D eigenvalue weighted by atomic mass is 10.0. The summed E-state index contributed by atoms with van der Waals surface area (Å²) in [5, 5.41) is 2.84. The number of hydrogen-bond acceptors (Lipinski definition) is 5. The Morgan fingerprint density at radius 2 is 2.03 bits per heavy atom. The Morgan fingerprint density at radius 1 is 1.26 bits per heavy atom. The fraction of sp³-hybridized carbons (Fsp3) is 0.280. The molecule has 0 unspecified atom stereocenters. The number of fused-ring (bicyclic) bond motifs is 2. The first-order valence-corrected chi connectivity index (χ1v) is 10.2. The number of rotatable bonds is 6. The lowest BCUT2D eigenvalue weighted by Gasteiger charge is -2.11. The standard InChI is InChI=1S/C25H27N3O3/c1-16(10-22(26-4)19-6-5-8-27-15-19)7-9-28-25(30)24-14-23(29)20-11-17(2)18(3)12-21(13-20)31-24/h5-6,8,10-12,14-15H,7,9,13H2,1-4H3,(H,28,30)/b16-10+,26-22?. The molecule has 6 nitrogen and oxygen atoms in total. The molecule has 1 aromatic heterocycles. The zero-order valence-corrected chi connectivity index (χ0v) is 18.4. The fourth-order valence-electron chi connectivity index (χ4n) is 3.30. The third kappa shape index (κ3) is 5.75. The van der Waals surface area contributed by atoms with Gasteiger partial charge in [-0.15, -0.1) is 0 Å². The number of carbonyl (C=O) groups is 2. The number of pyridine rings is 1. The summed E-state index contributed by atoms with van der Waals surface area (Å²) in [5.41, 5.74) is 5.50. The Hall–Kier alpha value is -3.54. The van der Waals surface area contributed by atoms with Crippen molar-refractivity contribution in [2.24, 2.45) is 4.99 Å². The number of amides is 1. The van der Waals surface area contributed by atoms with Crippen molar-refractivity contribution in [1.82, 2.24) is 10.3 Å². The summed E-state index contributed by atoms with van der Waals surface area (Å²) in [6, 6.07) is 3.82. The van der Waals surface area contributed by atoms with E-state index in [0.717, 1.165) is 28.0 Å². The molecule has 6 heteroatoms. The van der Waals surface area contributed by atoms with Gasteiger partial charge in [0, 0.05) is 49.6 Å². The molecule has 0 aromatic carbocycles. The molecule has 1 amide bonds. The van der Waals surface area contributed by atoms with Gasteiger partial charge in [0.2, 0.25) is 0 Å². The number of aliphatic imine (C=N–C) groups is 1. The maximum atomic E-state index is 12.6. The highest BCUT2D eigenvalue weighted by Gasteiger charge is 2.24. The Kier molecular flexibility index (Phi) is 7.13. The van der Waals surface area contributed by atoms with Crippen LogP contribution in [0, 0.1) is 0 Å². The maximum absolute atomic E-state index is 12.6. The van der Waals surface area contributed by atoms with Gasteiger partial charge in [-0.3, -0.25) is 19.6 Å². The SMILES string of the molecule is CN=C(/C=C(\C)CCNC(=O)C1=CC(=O)C2=CC(C)=C(C)C=C(C2)O1)c1cccnc1. The molecule has 0 saturated heterocycles. The van der Waals surface area contributed by atoms with Crippen LogP contribution in [0.3, 0.4) is 0 Å². The van der Waals surface area contributed by atoms with E-state index in [4.69, 9.17) is 4.74 Å². The van der Waals surface area contributed by atoms with Gasteiger partial charge in [-0.1, -0.05) is 11.6 Å². The van der Waals surface area contributed by atoms with E-state index >= 15 is 0 Å². The molecule has 1 aliphatic carbocycles. The highest BCUT2D eigenvalue weighted by atomic mass is 16.5. The average Bonchev–Trinajstić information content (AvgIpc) is 3.00. The van der Waals surface area contributed by atoms with Crippen LogP contribution in [-0.2, 0) is 14.3 Å². The first-order chi connectivity index (χ1) is 14.9. The van der Waals surface area contributed by atoms with Crippen LogP contribution >= 0.6 is 0 Å². The molecular weight excluding hydrogens is 390 g/mol. The first kappa shape index (κ1) is 22.2. The van der Waals surface area contributed by atoms with E-state index in [1.165, 1.54) is 6.08 Å². The van der Waals surface area contributed by atoms with E-state index < -0.39 is 5.91 Å². The van der Waals surface area contributed by atoms with Crippen molar-refractivity contribution in [2.75, 3.05) is 13.6 Å². The van der Waals surface area contributed by atoms with Crippen LogP contribution in [0.4, 0.5) is 0 Å². The minimum Gasteiger partial charge on any atom is -0.455 e. The molecular formula is C25H27N3O3. The highest BCUT2D eigenvalue weighted by Crippen LogP contribution is 2.28. The fourth-order valence-corrected chi connectivity index (χ4v) is 3.30. The predicted octanol–water partition coefficient (Wildman–Crippen LogP) is 3.99. The number of carbonyl (C=O) groups excluding carboxylic acids is 2. The average molecular weight is 418 g/mol. The third-order valence-corrected chi connectivity index (χ3v) is 5.18. The van der Waals surface area contributed by atoms with Crippen LogP contribution in [0.2, 0.25) is 0 Å². The maximum Gasteiger partial charge on any atom is 0.287 e. The Morgan fingerprint density at radius 3 is 2.74 bits per heavy atom. The van der Waals surface area contributed by atoms with E-state index in [9.17, 15) is 9.59 Å². The molecule has 3 rings (SSSR count). The quantitative estimate of drug-likeness (QED) is 0.710. The molecule has 1 aliphatic heterocycles. The number of nitrogens with one attached hydrogen (secondary N) is 1. The van der Waals surface area contributed by atoms with Gasteiger partial charge in [0.15, 0.2) is 11.5 Å². The molecule has 0 radical (unpaired) electrons.